The van der Waals surface area contributed by atoms with Gasteiger partial charge in [0.2, 0.25) is 0 Å². The van der Waals surface area contributed by atoms with E-state index in [1.807, 2.05) is 6.92 Å². The average molecular weight is 209 g/mol. The second kappa shape index (κ2) is 3.76. The summed E-state index contributed by atoms with van der Waals surface area (Å²) in [6.45, 7) is 2.45. The average Bonchev–Trinajstić information content (AvgIpc) is 2.27. The summed E-state index contributed by atoms with van der Waals surface area (Å²) in [4.78, 5) is 10.1. The predicted molar refractivity (Wildman–Crippen MR) is 53.3 cm³/mol. The minimum absolute atomic E-state index is 0.0206. The number of rotatable bonds is 2. The number of hydrogen-bond acceptors (Lipinski definition) is 4. The Labute approximate surface area is 86.8 Å². The number of nitro groups is 1. The zero-order valence-electron chi connectivity index (χ0n) is 8.30. The van der Waals surface area contributed by atoms with Crippen molar-refractivity contribution in [1.82, 2.24) is 0 Å². The predicted octanol–water partition coefficient (Wildman–Crippen LogP) is 2.14. The first-order valence-corrected chi connectivity index (χ1v) is 4.78. The van der Waals surface area contributed by atoms with E-state index in [0.717, 1.165) is 6.42 Å². The van der Waals surface area contributed by atoms with Gasteiger partial charge in [-0.3, -0.25) is 10.1 Å². The fraction of sp³-hybridized carbons (Fsp3) is 0.400. The first-order chi connectivity index (χ1) is 7.20. The Morgan fingerprint density at radius 3 is 3.00 bits per heavy atom. The first-order valence-electron chi connectivity index (χ1n) is 4.78. The van der Waals surface area contributed by atoms with Crippen LogP contribution in [-0.4, -0.2) is 17.6 Å². The summed E-state index contributed by atoms with van der Waals surface area (Å²) in [6, 6.07) is 4.39. The molecule has 1 atom stereocenters. The lowest BCUT2D eigenvalue weighted by Gasteiger charge is -2.25. The van der Waals surface area contributed by atoms with Crippen LogP contribution in [0, 0.1) is 10.1 Å². The third-order valence-electron chi connectivity index (χ3n) is 2.31. The number of nitro benzene ring substituents is 1. The molecule has 1 aliphatic heterocycles. The zero-order chi connectivity index (χ0) is 10.8. The van der Waals surface area contributed by atoms with Gasteiger partial charge in [-0.05, 0) is 12.5 Å². The second-order valence-corrected chi connectivity index (χ2v) is 3.35. The maximum absolute atomic E-state index is 10.5. The molecule has 1 aliphatic rings. The van der Waals surface area contributed by atoms with Crippen molar-refractivity contribution in [2.45, 2.75) is 19.4 Å². The van der Waals surface area contributed by atoms with E-state index < -0.39 is 4.92 Å². The lowest BCUT2D eigenvalue weighted by Crippen LogP contribution is -2.28. The molecule has 1 aromatic carbocycles. The molecular weight excluding hydrogens is 198 g/mol. The van der Waals surface area contributed by atoms with Crippen LogP contribution in [-0.2, 0) is 0 Å². The van der Waals surface area contributed by atoms with Crippen molar-refractivity contribution in [3.63, 3.8) is 0 Å². The molecule has 0 aliphatic carbocycles. The van der Waals surface area contributed by atoms with Gasteiger partial charge in [0.05, 0.1) is 11.0 Å². The van der Waals surface area contributed by atoms with Crippen molar-refractivity contribution < 1.29 is 14.4 Å². The smallest absolute Gasteiger partial charge is 0.273 e. The largest absolute Gasteiger partial charge is 0.486 e. The summed E-state index contributed by atoms with van der Waals surface area (Å²) >= 11 is 0. The molecule has 0 aromatic heterocycles. The van der Waals surface area contributed by atoms with Crippen LogP contribution in [0.5, 0.6) is 11.5 Å². The second-order valence-electron chi connectivity index (χ2n) is 3.35. The van der Waals surface area contributed by atoms with Crippen LogP contribution in [0.4, 0.5) is 5.69 Å². The van der Waals surface area contributed by atoms with Crippen LogP contribution in [0.3, 0.4) is 0 Å². The summed E-state index contributed by atoms with van der Waals surface area (Å²) in [5.74, 6) is 1.03. The molecule has 80 valence electrons. The van der Waals surface area contributed by atoms with E-state index in [1.165, 1.54) is 12.1 Å². The molecule has 0 fully saturated rings. The topological polar surface area (TPSA) is 61.6 Å². The standard InChI is InChI=1S/C10H11NO4/c1-2-8-6-14-10-5-7(11(12)13)3-4-9(10)15-8/h3-5,8H,2,6H2,1H3. The van der Waals surface area contributed by atoms with Crippen molar-refractivity contribution in [1.29, 1.82) is 0 Å². The molecule has 15 heavy (non-hydrogen) atoms. The van der Waals surface area contributed by atoms with Crippen molar-refractivity contribution in [2.75, 3.05) is 6.61 Å². The molecule has 0 radical (unpaired) electrons. The highest BCUT2D eigenvalue weighted by atomic mass is 16.6. The molecule has 0 N–H and O–H groups in total. The Morgan fingerprint density at radius 2 is 2.33 bits per heavy atom. The third-order valence-corrected chi connectivity index (χ3v) is 2.31. The minimum atomic E-state index is -0.449. The van der Waals surface area contributed by atoms with Crippen molar-refractivity contribution in [3.8, 4) is 11.5 Å². The number of non-ortho nitro benzene ring substituents is 1. The number of fused-ring (bicyclic) bond motifs is 1. The quantitative estimate of drug-likeness (QED) is 0.553. The van der Waals surface area contributed by atoms with E-state index in [9.17, 15) is 10.1 Å². The fourth-order valence-electron chi connectivity index (χ4n) is 1.42. The Morgan fingerprint density at radius 1 is 1.53 bits per heavy atom. The SMILES string of the molecule is CCC1COc2cc([N+](=O)[O-])ccc2O1. The van der Waals surface area contributed by atoms with Crippen LogP contribution >= 0.6 is 0 Å². The Hall–Kier alpha value is -1.78. The molecule has 0 saturated heterocycles. The fourth-order valence-corrected chi connectivity index (χ4v) is 1.42. The van der Waals surface area contributed by atoms with Gasteiger partial charge in [0, 0.05) is 6.07 Å². The summed E-state index contributed by atoms with van der Waals surface area (Å²) < 4.78 is 11.0. The molecule has 0 bridgehead atoms. The Bertz CT molecular complexity index is 391. The van der Waals surface area contributed by atoms with Gasteiger partial charge in [-0.1, -0.05) is 6.92 Å². The van der Waals surface area contributed by atoms with Gasteiger partial charge in [-0.15, -0.1) is 0 Å². The highest BCUT2D eigenvalue weighted by Crippen LogP contribution is 2.35. The van der Waals surface area contributed by atoms with Crippen LogP contribution in [0.2, 0.25) is 0 Å². The molecule has 5 heteroatoms. The molecular formula is C10H11NO4. The molecule has 0 amide bonds. The van der Waals surface area contributed by atoms with Crippen molar-refractivity contribution in [2.24, 2.45) is 0 Å². The van der Waals surface area contributed by atoms with Gasteiger partial charge in [-0.2, -0.15) is 0 Å². The number of benzene rings is 1. The van der Waals surface area contributed by atoms with Crippen LogP contribution in [0.25, 0.3) is 0 Å². The monoisotopic (exact) mass is 209 g/mol. The van der Waals surface area contributed by atoms with Crippen LogP contribution in [0.15, 0.2) is 18.2 Å². The first kappa shape index (κ1) is 9.76. The molecule has 0 spiro atoms. The summed E-state index contributed by atoms with van der Waals surface area (Å²) in [7, 11) is 0. The van der Waals surface area contributed by atoms with Gasteiger partial charge in [0.25, 0.3) is 5.69 Å². The molecule has 5 nitrogen and oxygen atoms in total. The molecule has 2 rings (SSSR count). The van der Waals surface area contributed by atoms with Gasteiger partial charge in [-0.25, -0.2) is 0 Å². The van der Waals surface area contributed by atoms with Gasteiger partial charge >= 0.3 is 0 Å². The highest BCUT2D eigenvalue weighted by Gasteiger charge is 2.21. The van der Waals surface area contributed by atoms with Crippen LogP contribution < -0.4 is 9.47 Å². The van der Waals surface area contributed by atoms with E-state index in [-0.39, 0.29) is 11.8 Å². The minimum Gasteiger partial charge on any atom is -0.486 e. The van der Waals surface area contributed by atoms with Crippen molar-refractivity contribution in [3.05, 3.63) is 28.3 Å². The normalized spacial score (nSPS) is 18.6. The van der Waals surface area contributed by atoms with Crippen molar-refractivity contribution >= 4 is 5.69 Å². The van der Waals surface area contributed by atoms with Gasteiger partial charge in [0.15, 0.2) is 11.5 Å². The lowest BCUT2D eigenvalue weighted by atomic mass is 10.2. The van der Waals surface area contributed by atoms with E-state index >= 15 is 0 Å². The summed E-state index contributed by atoms with van der Waals surface area (Å²) in [5.41, 5.74) is 0.0206. The summed E-state index contributed by atoms with van der Waals surface area (Å²) in [6.07, 6.45) is 0.898. The lowest BCUT2D eigenvalue weighted by molar-refractivity contribution is -0.385. The Balaban J connectivity index is 2.28. The third kappa shape index (κ3) is 1.86. The van der Waals surface area contributed by atoms with E-state index in [0.29, 0.717) is 18.1 Å². The zero-order valence-corrected chi connectivity index (χ0v) is 8.30. The number of nitrogens with zero attached hydrogens (tertiary/aromatic N) is 1. The summed E-state index contributed by atoms with van der Waals surface area (Å²) in [5, 5.41) is 10.5. The number of ether oxygens (including phenoxy) is 2. The van der Waals surface area contributed by atoms with E-state index in [2.05, 4.69) is 0 Å². The maximum atomic E-state index is 10.5. The van der Waals surface area contributed by atoms with Gasteiger partial charge in [0.1, 0.15) is 12.7 Å². The Kier molecular flexibility index (Phi) is 2.45. The molecule has 1 heterocycles. The molecule has 1 unspecified atom stereocenters. The number of hydrogen-bond donors (Lipinski definition) is 0. The highest BCUT2D eigenvalue weighted by molar-refractivity contribution is 5.49. The maximum Gasteiger partial charge on any atom is 0.273 e. The van der Waals surface area contributed by atoms with E-state index in [4.69, 9.17) is 9.47 Å². The molecule has 1 aromatic rings. The van der Waals surface area contributed by atoms with E-state index in [1.54, 1.807) is 6.07 Å². The van der Waals surface area contributed by atoms with Gasteiger partial charge < -0.3 is 9.47 Å². The van der Waals surface area contributed by atoms with Crippen LogP contribution in [0.1, 0.15) is 13.3 Å². The molecule has 0 saturated carbocycles.